The van der Waals surface area contributed by atoms with Gasteiger partial charge in [0.1, 0.15) is 6.07 Å². The van der Waals surface area contributed by atoms with E-state index in [2.05, 4.69) is 43.1 Å². The van der Waals surface area contributed by atoms with Gasteiger partial charge in [-0.15, -0.1) is 0 Å². The fourth-order valence-electron chi connectivity index (χ4n) is 4.30. The average Bonchev–Trinajstić information content (AvgIpc) is 3.47. The molecule has 2 atom stereocenters. The fourth-order valence-corrected chi connectivity index (χ4v) is 4.57. The summed E-state index contributed by atoms with van der Waals surface area (Å²) in [6.07, 6.45) is 6.92. The minimum atomic E-state index is -0.251. The third kappa shape index (κ3) is 5.27. The van der Waals surface area contributed by atoms with E-state index in [1.54, 1.807) is 25.7 Å². The number of anilines is 2. The lowest BCUT2D eigenvalue weighted by atomic mass is 10.0. The normalized spacial score (nSPS) is 14.1. The van der Waals surface area contributed by atoms with Gasteiger partial charge in [0.2, 0.25) is 0 Å². The second-order valence-corrected chi connectivity index (χ2v) is 8.84. The van der Waals surface area contributed by atoms with Crippen LogP contribution in [0.2, 0.25) is 5.02 Å². The third-order valence-electron chi connectivity index (χ3n) is 6.05. The maximum Gasteiger partial charge on any atom is 0.103 e. The monoisotopic (exact) mass is 512 g/mol. The molecule has 1 aliphatic heterocycles. The van der Waals surface area contributed by atoms with Crippen LogP contribution >= 0.6 is 11.6 Å². The van der Waals surface area contributed by atoms with E-state index >= 15 is 0 Å². The van der Waals surface area contributed by atoms with Crippen molar-refractivity contribution in [1.29, 1.82) is 5.26 Å². The van der Waals surface area contributed by atoms with Crippen LogP contribution in [0, 0.1) is 11.3 Å². The molecule has 0 spiro atoms. The predicted molar refractivity (Wildman–Crippen MR) is 144 cm³/mol. The number of aromatic nitrogens is 2. The number of nitrogens with zero attached hydrogens (tertiary/aromatic N) is 3. The molecule has 186 valence electrons. The van der Waals surface area contributed by atoms with Gasteiger partial charge in [-0.05, 0) is 29.3 Å². The van der Waals surface area contributed by atoms with Crippen LogP contribution in [0.25, 0.3) is 10.9 Å². The third-order valence-corrected chi connectivity index (χ3v) is 6.33. The lowest BCUT2D eigenvalue weighted by molar-refractivity contribution is 0.186. The zero-order valence-corrected chi connectivity index (χ0v) is 20.8. The van der Waals surface area contributed by atoms with Gasteiger partial charge >= 0.3 is 0 Å². The number of pyridine rings is 2. The van der Waals surface area contributed by atoms with Gasteiger partial charge in [-0.1, -0.05) is 48.0 Å². The summed E-state index contributed by atoms with van der Waals surface area (Å²) in [6.45, 7) is 0.410. The molecule has 0 bridgehead atoms. The summed E-state index contributed by atoms with van der Waals surface area (Å²) < 4.78 is 5.49. The van der Waals surface area contributed by atoms with Crippen LogP contribution in [-0.4, -0.2) is 23.7 Å². The summed E-state index contributed by atoms with van der Waals surface area (Å²) in [5.74, 6) is 0. The van der Waals surface area contributed by atoms with Crippen molar-refractivity contribution in [2.24, 2.45) is 0 Å². The second kappa shape index (κ2) is 11.1. The Bertz CT molecular complexity index is 1460. The summed E-state index contributed by atoms with van der Waals surface area (Å²) >= 11 is 6.73. The number of hydrogen-bond acceptors (Lipinski definition) is 9. The zero-order valence-electron chi connectivity index (χ0n) is 20.0. The number of halogens is 1. The maximum absolute atomic E-state index is 9.92. The molecule has 3 heterocycles. The van der Waals surface area contributed by atoms with E-state index in [1.807, 2.05) is 60.8 Å². The number of rotatable bonds is 9. The van der Waals surface area contributed by atoms with Crippen LogP contribution in [-0.2, 0) is 4.74 Å². The molecule has 9 nitrogen and oxygen atoms in total. The zero-order chi connectivity index (χ0) is 25.6. The largest absolute Gasteiger partial charge is 0.382 e. The van der Waals surface area contributed by atoms with Crippen molar-refractivity contribution in [2.75, 3.05) is 24.4 Å². The second-order valence-electron chi connectivity index (χ2n) is 8.43. The molecule has 5 rings (SSSR count). The quantitative estimate of drug-likeness (QED) is 0.220. The van der Waals surface area contributed by atoms with Crippen molar-refractivity contribution in [1.82, 2.24) is 26.4 Å². The van der Waals surface area contributed by atoms with Crippen LogP contribution in [0.3, 0.4) is 0 Å². The smallest absolute Gasteiger partial charge is 0.103 e. The first-order chi connectivity index (χ1) is 18.2. The Balaban J connectivity index is 1.58. The van der Waals surface area contributed by atoms with E-state index < -0.39 is 0 Å². The highest BCUT2D eigenvalue weighted by Gasteiger charge is 2.22. The van der Waals surface area contributed by atoms with Crippen LogP contribution in [0.5, 0.6) is 0 Å². The van der Waals surface area contributed by atoms with E-state index in [4.69, 9.17) is 16.3 Å². The van der Waals surface area contributed by atoms with Crippen LogP contribution in [0.15, 0.2) is 85.1 Å². The Morgan fingerprint density at radius 2 is 1.92 bits per heavy atom. The van der Waals surface area contributed by atoms with Crippen molar-refractivity contribution >= 4 is 33.9 Å². The molecule has 0 amide bonds. The van der Waals surface area contributed by atoms with Gasteiger partial charge in [0.25, 0.3) is 0 Å². The van der Waals surface area contributed by atoms with E-state index in [0.29, 0.717) is 28.4 Å². The highest BCUT2D eigenvalue weighted by molar-refractivity contribution is 6.35. The molecular weight excluding hydrogens is 488 g/mol. The van der Waals surface area contributed by atoms with Gasteiger partial charge < -0.3 is 26.2 Å². The molecule has 1 unspecified atom stereocenters. The topological polar surface area (TPSA) is 119 Å². The molecule has 10 heteroatoms. The number of hydrazine groups is 2. The first kappa shape index (κ1) is 24.3. The molecule has 0 saturated carbocycles. The van der Waals surface area contributed by atoms with Gasteiger partial charge in [0.05, 0.1) is 46.2 Å². The van der Waals surface area contributed by atoms with Gasteiger partial charge in [0, 0.05) is 43.0 Å². The molecule has 0 radical (unpaired) electrons. The minimum absolute atomic E-state index is 0.188. The van der Waals surface area contributed by atoms with Crippen molar-refractivity contribution < 1.29 is 4.74 Å². The Kier molecular flexibility index (Phi) is 7.33. The average molecular weight is 513 g/mol. The van der Waals surface area contributed by atoms with Crippen molar-refractivity contribution in [3.05, 3.63) is 107 Å². The van der Waals surface area contributed by atoms with Crippen molar-refractivity contribution in [3.8, 4) is 6.07 Å². The molecule has 1 aliphatic rings. The van der Waals surface area contributed by atoms with Crippen LogP contribution in [0.4, 0.5) is 11.4 Å². The molecular formula is C27H25ClN8O. The number of benzene rings is 2. The number of methoxy groups -OCH3 is 1. The first-order valence-corrected chi connectivity index (χ1v) is 12.0. The molecule has 2 aromatic carbocycles. The van der Waals surface area contributed by atoms with E-state index in [1.165, 1.54) is 0 Å². The molecule has 37 heavy (non-hydrogen) atoms. The van der Waals surface area contributed by atoms with E-state index in [9.17, 15) is 5.26 Å². The standard InChI is InChI=1S/C27H25ClN8O/c1-37-16-24(17-6-3-2-4-7-17)34-25-19(12-29)14-31-27-21(25)10-20(11-22(27)28)33-26(23-15-32-36-35-23)18-8-5-9-30-13-18/h2-11,13-15,24,26,32-33,35-36H,16H2,1H3,(H,31,34)/t24?,26-/m0/s1. The number of nitrogens with one attached hydrogen (secondary N) is 5. The fraction of sp³-hybridized carbons (Fsp3) is 0.148. The molecule has 4 aromatic rings. The number of fused-ring (bicyclic) bond motifs is 1. The van der Waals surface area contributed by atoms with E-state index in [-0.39, 0.29) is 12.1 Å². The Morgan fingerprint density at radius 3 is 2.62 bits per heavy atom. The van der Waals surface area contributed by atoms with Crippen molar-refractivity contribution in [2.45, 2.75) is 12.1 Å². The Morgan fingerprint density at radius 1 is 1.08 bits per heavy atom. The number of nitriles is 1. The van der Waals surface area contributed by atoms with Gasteiger partial charge in [-0.25, -0.2) is 0 Å². The van der Waals surface area contributed by atoms with Crippen molar-refractivity contribution in [3.63, 3.8) is 0 Å². The summed E-state index contributed by atoms with van der Waals surface area (Å²) in [5, 5.41) is 18.2. The number of hydrogen-bond donors (Lipinski definition) is 5. The van der Waals surface area contributed by atoms with Gasteiger partial charge in [-0.3, -0.25) is 9.97 Å². The predicted octanol–water partition coefficient (Wildman–Crippen LogP) is 4.56. The SMILES string of the molecule is COCC(Nc1c(C#N)cnc2c(Cl)cc(N[C@H](C3=CNNN3)c3cccnc3)cc12)c1ccccc1. The highest BCUT2D eigenvalue weighted by atomic mass is 35.5. The highest BCUT2D eigenvalue weighted by Crippen LogP contribution is 2.36. The molecule has 0 aliphatic carbocycles. The maximum atomic E-state index is 9.92. The van der Waals surface area contributed by atoms with Gasteiger partial charge in [-0.2, -0.15) is 10.8 Å². The summed E-state index contributed by atoms with van der Waals surface area (Å²) in [6, 6.07) is 19.4. The number of ether oxygens (including phenoxy) is 1. The summed E-state index contributed by atoms with van der Waals surface area (Å²) in [5.41, 5.74) is 14.2. The Labute approximate surface area is 219 Å². The molecule has 0 saturated heterocycles. The van der Waals surface area contributed by atoms with E-state index in [0.717, 1.165) is 27.9 Å². The molecule has 2 aromatic heterocycles. The van der Waals surface area contributed by atoms with Gasteiger partial charge in [0.15, 0.2) is 0 Å². The van der Waals surface area contributed by atoms with Crippen LogP contribution in [0.1, 0.15) is 28.8 Å². The first-order valence-electron chi connectivity index (χ1n) is 11.6. The minimum Gasteiger partial charge on any atom is -0.382 e. The lowest BCUT2D eigenvalue weighted by Crippen LogP contribution is -2.33. The molecule has 5 N–H and O–H groups in total. The summed E-state index contributed by atoms with van der Waals surface area (Å²) in [7, 11) is 1.65. The lowest BCUT2D eigenvalue weighted by Gasteiger charge is -2.23. The molecule has 0 fully saturated rings. The summed E-state index contributed by atoms with van der Waals surface area (Å²) in [4.78, 5) is 8.76. The Hall–Kier alpha value is -4.36. The van der Waals surface area contributed by atoms with Crippen LogP contribution < -0.4 is 27.0 Å².